The number of hydrogen-bond acceptors (Lipinski definition) is 3. The quantitative estimate of drug-likeness (QED) is 0.747. The molecule has 3 heterocycles. The molecule has 3 nitrogen and oxygen atoms in total. The fraction of sp³-hybridized carbons (Fsp3) is 0.714. The summed E-state index contributed by atoms with van der Waals surface area (Å²) >= 11 is 6.57. The summed E-state index contributed by atoms with van der Waals surface area (Å²) < 4.78 is 17.4. The number of ether oxygens (including phenoxy) is 1. The van der Waals surface area contributed by atoms with Crippen LogP contribution in [-0.2, 0) is 22.0 Å². The van der Waals surface area contributed by atoms with Gasteiger partial charge in [-0.15, -0.1) is 0 Å². The third-order valence-electron chi connectivity index (χ3n) is 6.20. The number of likely N-dealkylation sites (tertiary alicyclic amines) is 1. The Bertz CT molecular complexity index is 666. The van der Waals surface area contributed by atoms with Crippen LogP contribution in [0.25, 0.3) is 0 Å². The molecule has 3 fully saturated rings. The third kappa shape index (κ3) is 4.19. The van der Waals surface area contributed by atoms with Crippen molar-refractivity contribution in [1.82, 2.24) is 4.90 Å². The number of nitrogens with zero attached hydrogens (tertiary/aromatic N) is 1. The van der Waals surface area contributed by atoms with E-state index in [2.05, 4.69) is 30.0 Å². The summed E-state index contributed by atoms with van der Waals surface area (Å²) in [4.78, 5) is 2.58. The molecule has 0 aromatic heterocycles. The Morgan fingerprint density at radius 3 is 2.92 bits per heavy atom. The summed E-state index contributed by atoms with van der Waals surface area (Å²) in [5.41, 5.74) is 2.86. The van der Waals surface area contributed by atoms with Gasteiger partial charge in [-0.25, -0.2) is 0 Å². The fourth-order valence-electron chi connectivity index (χ4n) is 4.91. The van der Waals surface area contributed by atoms with Gasteiger partial charge in [-0.05, 0) is 61.8 Å². The van der Waals surface area contributed by atoms with E-state index in [1.165, 1.54) is 24.9 Å². The van der Waals surface area contributed by atoms with Crippen LogP contribution in [0.4, 0.5) is 0 Å². The first-order chi connectivity index (χ1) is 12.5. The lowest BCUT2D eigenvalue weighted by Gasteiger charge is -2.37. The number of benzene rings is 1. The predicted molar refractivity (Wildman–Crippen MR) is 108 cm³/mol. The Balaban J connectivity index is 1.31. The van der Waals surface area contributed by atoms with Crippen molar-refractivity contribution < 1.29 is 8.95 Å². The molecule has 0 radical (unpaired) electrons. The van der Waals surface area contributed by atoms with E-state index in [-0.39, 0.29) is 6.10 Å². The van der Waals surface area contributed by atoms with E-state index in [0.717, 1.165) is 61.1 Å². The highest BCUT2D eigenvalue weighted by atomic mass is 35.5. The van der Waals surface area contributed by atoms with E-state index in [9.17, 15) is 4.21 Å². The monoisotopic (exact) mass is 395 g/mol. The molecule has 1 aromatic rings. The molecule has 2 unspecified atom stereocenters. The van der Waals surface area contributed by atoms with Crippen LogP contribution in [0.1, 0.15) is 49.8 Å². The second kappa shape index (κ2) is 7.90. The molecule has 144 valence electrons. The van der Waals surface area contributed by atoms with Crippen LogP contribution >= 0.6 is 11.6 Å². The van der Waals surface area contributed by atoms with Gasteiger partial charge in [0.05, 0.1) is 6.10 Å². The topological polar surface area (TPSA) is 29.5 Å². The minimum atomic E-state index is -0.539. The average Bonchev–Trinajstić information content (AvgIpc) is 2.99. The second-order valence-corrected chi connectivity index (χ2v) is 10.6. The summed E-state index contributed by atoms with van der Waals surface area (Å²) in [5.74, 6) is 2.46. The van der Waals surface area contributed by atoms with Crippen molar-refractivity contribution in [3.8, 4) is 0 Å². The van der Waals surface area contributed by atoms with Crippen LogP contribution in [-0.4, -0.2) is 46.9 Å². The van der Waals surface area contributed by atoms with Crippen LogP contribution in [0.5, 0.6) is 0 Å². The highest BCUT2D eigenvalue weighted by Gasteiger charge is 2.47. The molecule has 0 amide bonds. The SMILES string of the molecule is CC(Cc1ccc(C2CCCCO2)c(Cl)c1)CN1CCC2(C1)CS(=O)C2. The summed E-state index contributed by atoms with van der Waals surface area (Å²) in [6.45, 7) is 6.61. The Hall–Kier alpha value is -0.420. The molecule has 1 spiro atoms. The summed E-state index contributed by atoms with van der Waals surface area (Å²) in [5, 5.41) is 0.860. The maximum absolute atomic E-state index is 11.5. The zero-order chi connectivity index (χ0) is 18.1. The molecule has 2 atom stereocenters. The molecule has 0 bridgehead atoms. The van der Waals surface area contributed by atoms with E-state index in [1.54, 1.807) is 0 Å². The molecule has 5 heteroatoms. The van der Waals surface area contributed by atoms with Crippen LogP contribution in [0.2, 0.25) is 5.02 Å². The Labute approximate surface area is 164 Å². The highest BCUT2D eigenvalue weighted by molar-refractivity contribution is 7.86. The fourth-order valence-corrected chi connectivity index (χ4v) is 6.99. The number of hydrogen-bond donors (Lipinski definition) is 0. The van der Waals surface area contributed by atoms with E-state index < -0.39 is 10.8 Å². The maximum Gasteiger partial charge on any atom is 0.0839 e. The van der Waals surface area contributed by atoms with Gasteiger partial charge in [0, 0.05) is 52.4 Å². The minimum absolute atomic E-state index is 0.177. The molecule has 4 rings (SSSR count). The van der Waals surface area contributed by atoms with E-state index in [1.807, 2.05) is 0 Å². The molecular formula is C21H30ClNO2S. The van der Waals surface area contributed by atoms with E-state index in [0.29, 0.717) is 11.3 Å². The minimum Gasteiger partial charge on any atom is -0.373 e. The zero-order valence-electron chi connectivity index (χ0n) is 15.7. The van der Waals surface area contributed by atoms with Gasteiger partial charge < -0.3 is 9.64 Å². The van der Waals surface area contributed by atoms with Crippen molar-refractivity contribution in [2.75, 3.05) is 37.7 Å². The Kier molecular flexibility index (Phi) is 5.75. The van der Waals surface area contributed by atoms with Gasteiger partial charge in [-0.2, -0.15) is 0 Å². The van der Waals surface area contributed by atoms with Crippen LogP contribution < -0.4 is 0 Å². The first-order valence-electron chi connectivity index (χ1n) is 10.0. The Morgan fingerprint density at radius 2 is 2.23 bits per heavy atom. The van der Waals surface area contributed by atoms with Crippen LogP contribution in [0.15, 0.2) is 18.2 Å². The molecule has 3 aliphatic rings. The first kappa shape index (κ1) is 18.9. The lowest BCUT2D eigenvalue weighted by atomic mass is 9.91. The van der Waals surface area contributed by atoms with Crippen molar-refractivity contribution in [2.24, 2.45) is 11.3 Å². The molecule has 3 aliphatic heterocycles. The third-order valence-corrected chi connectivity index (χ3v) is 8.39. The first-order valence-corrected chi connectivity index (χ1v) is 11.9. The van der Waals surface area contributed by atoms with Gasteiger partial charge in [-0.3, -0.25) is 4.21 Å². The van der Waals surface area contributed by atoms with Gasteiger partial charge >= 0.3 is 0 Å². The van der Waals surface area contributed by atoms with Crippen LogP contribution in [0.3, 0.4) is 0 Å². The van der Waals surface area contributed by atoms with Gasteiger partial charge in [-0.1, -0.05) is 30.7 Å². The molecule has 1 aromatic carbocycles. The standard InChI is InChI=1S/C21H30ClNO2S/c1-16(12-23-8-7-21(13-23)14-26(24)15-21)10-17-5-6-18(19(22)11-17)20-4-2-3-9-25-20/h5-6,11,16,20H,2-4,7-10,12-15H2,1H3. The lowest BCUT2D eigenvalue weighted by molar-refractivity contribution is 0.0150. The molecule has 0 saturated carbocycles. The van der Waals surface area contributed by atoms with Gasteiger partial charge in [0.15, 0.2) is 0 Å². The normalized spacial score (nSPS) is 33.3. The van der Waals surface area contributed by atoms with Crippen molar-refractivity contribution in [2.45, 2.75) is 45.1 Å². The highest BCUT2D eigenvalue weighted by Crippen LogP contribution is 2.40. The number of rotatable bonds is 5. The van der Waals surface area contributed by atoms with Crippen molar-refractivity contribution in [1.29, 1.82) is 0 Å². The largest absolute Gasteiger partial charge is 0.373 e. The Morgan fingerprint density at radius 1 is 1.38 bits per heavy atom. The molecular weight excluding hydrogens is 366 g/mol. The van der Waals surface area contributed by atoms with Crippen LogP contribution in [0, 0.1) is 11.3 Å². The summed E-state index contributed by atoms with van der Waals surface area (Å²) in [7, 11) is -0.539. The smallest absolute Gasteiger partial charge is 0.0839 e. The summed E-state index contributed by atoms with van der Waals surface area (Å²) in [6, 6.07) is 6.55. The van der Waals surface area contributed by atoms with E-state index in [4.69, 9.17) is 16.3 Å². The number of halogens is 1. The van der Waals surface area contributed by atoms with Crippen molar-refractivity contribution in [3.05, 3.63) is 34.3 Å². The van der Waals surface area contributed by atoms with Crippen molar-refractivity contribution >= 4 is 22.4 Å². The summed E-state index contributed by atoms with van der Waals surface area (Å²) in [6.07, 6.45) is 5.93. The second-order valence-electron chi connectivity index (χ2n) is 8.73. The molecule has 3 saturated heterocycles. The van der Waals surface area contributed by atoms with Gasteiger partial charge in [0.1, 0.15) is 0 Å². The predicted octanol–water partition coefficient (Wildman–Crippen LogP) is 4.21. The molecule has 0 aliphatic carbocycles. The molecule has 0 N–H and O–H groups in total. The zero-order valence-corrected chi connectivity index (χ0v) is 17.3. The van der Waals surface area contributed by atoms with E-state index >= 15 is 0 Å². The lowest BCUT2D eigenvalue weighted by Crippen LogP contribution is -2.47. The maximum atomic E-state index is 11.5. The van der Waals surface area contributed by atoms with Gasteiger partial charge in [0.25, 0.3) is 0 Å². The molecule has 26 heavy (non-hydrogen) atoms. The van der Waals surface area contributed by atoms with Gasteiger partial charge in [0.2, 0.25) is 0 Å². The van der Waals surface area contributed by atoms with Crippen molar-refractivity contribution in [3.63, 3.8) is 0 Å². The average molecular weight is 396 g/mol.